The van der Waals surface area contributed by atoms with E-state index in [1.165, 1.54) is 18.2 Å². The summed E-state index contributed by atoms with van der Waals surface area (Å²) in [5.41, 5.74) is -1.11. The van der Waals surface area contributed by atoms with E-state index in [9.17, 15) is 28.1 Å². The number of nitro groups is 1. The first-order chi connectivity index (χ1) is 10.7. The quantitative estimate of drug-likeness (QED) is 0.672. The smallest absolute Gasteiger partial charge is 0.394 e. The van der Waals surface area contributed by atoms with E-state index in [0.717, 1.165) is 4.90 Å². The third-order valence-corrected chi connectivity index (χ3v) is 3.72. The zero-order chi connectivity index (χ0) is 17.4. The van der Waals surface area contributed by atoms with Crippen molar-refractivity contribution in [2.75, 3.05) is 18.0 Å². The minimum Gasteiger partial charge on any atom is -0.481 e. The van der Waals surface area contributed by atoms with Crippen LogP contribution in [0.2, 0.25) is 0 Å². The number of para-hydroxylation sites is 1. The van der Waals surface area contributed by atoms with Gasteiger partial charge in [-0.1, -0.05) is 6.07 Å². The normalized spacial score (nSPS) is 21.0. The van der Waals surface area contributed by atoms with Gasteiger partial charge in [0, 0.05) is 13.1 Å². The lowest BCUT2D eigenvalue weighted by Crippen LogP contribution is -2.33. The highest BCUT2D eigenvalue weighted by Gasteiger charge is 2.53. The van der Waals surface area contributed by atoms with Crippen molar-refractivity contribution in [3.63, 3.8) is 0 Å². The highest BCUT2D eigenvalue weighted by molar-refractivity contribution is 5.75. The van der Waals surface area contributed by atoms with Crippen molar-refractivity contribution >= 4 is 17.3 Å². The van der Waals surface area contributed by atoms with Gasteiger partial charge in [0.15, 0.2) is 0 Å². The maximum absolute atomic E-state index is 13.0. The number of nitriles is 1. The maximum Gasteiger partial charge on any atom is 0.394 e. The first-order valence-electron chi connectivity index (χ1n) is 6.38. The van der Waals surface area contributed by atoms with Gasteiger partial charge in [-0.15, -0.1) is 0 Å². The van der Waals surface area contributed by atoms with Crippen LogP contribution in [0.4, 0.5) is 24.5 Å². The largest absolute Gasteiger partial charge is 0.481 e. The fourth-order valence-electron chi connectivity index (χ4n) is 2.65. The second kappa shape index (κ2) is 5.75. The summed E-state index contributed by atoms with van der Waals surface area (Å²) in [6.45, 7) is -1.23. The molecular weight excluding hydrogens is 319 g/mol. The average molecular weight is 329 g/mol. The summed E-state index contributed by atoms with van der Waals surface area (Å²) in [6.07, 6.45) is -4.74. The molecule has 0 aliphatic carbocycles. The Labute approximate surface area is 127 Å². The Morgan fingerprint density at radius 1 is 1.43 bits per heavy atom. The molecule has 1 aromatic carbocycles. The molecule has 0 bridgehead atoms. The van der Waals surface area contributed by atoms with Crippen LogP contribution in [0.3, 0.4) is 0 Å². The van der Waals surface area contributed by atoms with E-state index in [2.05, 4.69) is 0 Å². The van der Waals surface area contributed by atoms with Crippen LogP contribution in [0, 0.1) is 33.3 Å². The third kappa shape index (κ3) is 3.03. The van der Waals surface area contributed by atoms with E-state index in [-0.39, 0.29) is 11.3 Å². The van der Waals surface area contributed by atoms with Crippen LogP contribution in [0.1, 0.15) is 5.56 Å². The molecule has 23 heavy (non-hydrogen) atoms. The van der Waals surface area contributed by atoms with Crippen LogP contribution in [-0.4, -0.2) is 35.3 Å². The number of hydrogen-bond acceptors (Lipinski definition) is 5. The van der Waals surface area contributed by atoms with Gasteiger partial charge in [0.1, 0.15) is 17.3 Å². The molecule has 122 valence electrons. The number of alkyl halides is 3. The molecule has 7 nitrogen and oxygen atoms in total. The number of carboxylic acids is 1. The SMILES string of the molecule is N#Cc1cccc(N2C[C@@H](C(F)(F)F)[C@H](C(=O)O)C2)c1[N+](=O)[O-]. The van der Waals surface area contributed by atoms with Crippen molar-refractivity contribution in [1.82, 2.24) is 0 Å². The molecule has 1 heterocycles. The fourth-order valence-corrected chi connectivity index (χ4v) is 2.65. The highest BCUT2D eigenvalue weighted by atomic mass is 19.4. The van der Waals surface area contributed by atoms with E-state index in [1.807, 2.05) is 0 Å². The zero-order valence-electron chi connectivity index (χ0n) is 11.4. The van der Waals surface area contributed by atoms with Gasteiger partial charge in [-0.3, -0.25) is 14.9 Å². The average Bonchev–Trinajstić information content (AvgIpc) is 2.91. The molecule has 2 rings (SSSR count). The summed E-state index contributed by atoms with van der Waals surface area (Å²) >= 11 is 0. The second-order valence-corrected chi connectivity index (χ2v) is 5.04. The lowest BCUT2D eigenvalue weighted by molar-refractivity contribution is -0.384. The standard InChI is InChI=1S/C13H10F3N3O4/c14-13(15,16)9-6-18(5-8(9)12(20)21)10-3-1-2-7(4-17)11(10)19(22)23/h1-3,8-9H,5-6H2,(H,20,21)/t8-,9-/m1/s1. The number of anilines is 1. The predicted octanol–water partition coefficient (Wildman–Crippen LogP) is 2.17. The van der Waals surface area contributed by atoms with Gasteiger partial charge in [0.25, 0.3) is 0 Å². The summed E-state index contributed by atoms with van der Waals surface area (Å²) in [4.78, 5) is 22.3. The van der Waals surface area contributed by atoms with Gasteiger partial charge in [-0.05, 0) is 12.1 Å². The molecule has 0 unspecified atom stereocenters. The number of hydrogen-bond donors (Lipinski definition) is 1. The Hall–Kier alpha value is -2.83. The molecule has 1 aliphatic heterocycles. The number of carbonyl (C=O) groups is 1. The minimum atomic E-state index is -4.74. The van der Waals surface area contributed by atoms with Gasteiger partial charge in [-0.25, -0.2) is 0 Å². The monoisotopic (exact) mass is 329 g/mol. The molecule has 10 heteroatoms. The van der Waals surface area contributed by atoms with Gasteiger partial charge in [0.2, 0.25) is 0 Å². The summed E-state index contributed by atoms with van der Waals surface area (Å²) in [7, 11) is 0. The van der Waals surface area contributed by atoms with Gasteiger partial charge in [-0.2, -0.15) is 18.4 Å². The Kier molecular flexibility index (Phi) is 4.14. The molecule has 0 saturated carbocycles. The van der Waals surface area contributed by atoms with E-state index in [4.69, 9.17) is 10.4 Å². The molecule has 1 aliphatic rings. The number of nitrogens with zero attached hydrogens (tertiary/aromatic N) is 3. The molecule has 2 atom stereocenters. The number of nitro benzene ring substituents is 1. The summed E-state index contributed by atoms with van der Waals surface area (Å²) < 4.78 is 39.0. The van der Waals surface area contributed by atoms with E-state index >= 15 is 0 Å². The highest BCUT2D eigenvalue weighted by Crippen LogP contribution is 2.42. The minimum absolute atomic E-state index is 0.188. The molecule has 0 spiro atoms. The maximum atomic E-state index is 13.0. The second-order valence-electron chi connectivity index (χ2n) is 5.04. The number of aliphatic carboxylic acids is 1. The Bertz CT molecular complexity index is 699. The fraction of sp³-hybridized carbons (Fsp3) is 0.385. The van der Waals surface area contributed by atoms with Crippen LogP contribution in [0.5, 0.6) is 0 Å². The van der Waals surface area contributed by atoms with Crippen molar-refractivity contribution < 1.29 is 28.0 Å². The van der Waals surface area contributed by atoms with Gasteiger partial charge >= 0.3 is 17.8 Å². The lowest BCUT2D eigenvalue weighted by atomic mass is 9.96. The van der Waals surface area contributed by atoms with E-state index < -0.39 is 47.7 Å². The van der Waals surface area contributed by atoms with Gasteiger partial charge in [0.05, 0.1) is 16.8 Å². The summed E-state index contributed by atoms with van der Waals surface area (Å²) in [6, 6.07) is 5.29. The molecular formula is C13H10F3N3O4. The van der Waals surface area contributed by atoms with Crippen LogP contribution < -0.4 is 4.90 Å². The van der Waals surface area contributed by atoms with Crippen molar-refractivity contribution in [2.24, 2.45) is 11.8 Å². The zero-order valence-corrected chi connectivity index (χ0v) is 11.4. The number of benzene rings is 1. The van der Waals surface area contributed by atoms with Crippen molar-refractivity contribution in [1.29, 1.82) is 5.26 Å². The molecule has 0 aromatic heterocycles. The molecule has 1 saturated heterocycles. The van der Waals surface area contributed by atoms with Crippen molar-refractivity contribution in [3.05, 3.63) is 33.9 Å². The molecule has 0 amide bonds. The lowest BCUT2D eigenvalue weighted by Gasteiger charge is -2.19. The van der Waals surface area contributed by atoms with Crippen LogP contribution in [-0.2, 0) is 4.79 Å². The van der Waals surface area contributed by atoms with Crippen LogP contribution in [0.15, 0.2) is 18.2 Å². The number of carboxylic acid groups (broad SMARTS) is 1. The summed E-state index contributed by atoms with van der Waals surface area (Å²) in [5.74, 6) is -5.47. The Balaban J connectivity index is 2.47. The van der Waals surface area contributed by atoms with Crippen molar-refractivity contribution in [3.8, 4) is 6.07 Å². The van der Waals surface area contributed by atoms with Crippen LogP contribution >= 0.6 is 0 Å². The van der Waals surface area contributed by atoms with Crippen LogP contribution in [0.25, 0.3) is 0 Å². The Morgan fingerprint density at radius 3 is 2.52 bits per heavy atom. The topological polar surface area (TPSA) is 107 Å². The van der Waals surface area contributed by atoms with E-state index in [1.54, 1.807) is 6.07 Å². The first kappa shape index (κ1) is 16.5. The summed E-state index contributed by atoms with van der Waals surface area (Å²) in [5, 5.41) is 29.0. The first-order valence-corrected chi connectivity index (χ1v) is 6.38. The van der Waals surface area contributed by atoms with Gasteiger partial charge < -0.3 is 10.0 Å². The molecule has 0 radical (unpaired) electrons. The molecule has 1 fully saturated rings. The van der Waals surface area contributed by atoms with Crippen molar-refractivity contribution in [2.45, 2.75) is 6.18 Å². The molecule has 1 aromatic rings. The number of halogens is 3. The molecule has 1 N–H and O–H groups in total. The van der Waals surface area contributed by atoms with E-state index in [0.29, 0.717) is 0 Å². The Morgan fingerprint density at radius 2 is 2.09 bits per heavy atom. The third-order valence-electron chi connectivity index (χ3n) is 3.72. The predicted molar refractivity (Wildman–Crippen MR) is 70.7 cm³/mol. The number of rotatable bonds is 3.